The summed E-state index contributed by atoms with van der Waals surface area (Å²) in [5, 5.41) is 0.829. The number of alkyl halides is 1. The van der Waals surface area contributed by atoms with Crippen LogP contribution in [-0.2, 0) is 9.53 Å². The van der Waals surface area contributed by atoms with Gasteiger partial charge in [-0.2, -0.15) is 0 Å². The van der Waals surface area contributed by atoms with Crippen molar-refractivity contribution in [2.45, 2.75) is 6.42 Å². The van der Waals surface area contributed by atoms with Crippen LogP contribution in [0, 0.1) is 5.92 Å². The molecule has 0 spiro atoms. The zero-order valence-corrected chi connectivity index (χ0v) is 11.6. The van der Waals surface area contributed by atoms with Crippen molar-refractivity contribution in [2.24, 2.45) is 5.92 Å². The summed E-state index contributed by atoms with van der Waals surface area (Å²) in [5.41, 5.74) is 1.32. The standard InChI is InChI=1S/C13H14BrNO3/c1-18-13(17)10-2-4-11(5-3-10)15-8-9(7-14)6-12(15)16/h2-5,9H,6-8H2,1H3. The predicted molar refractivity (Wildman–Crippen MR) is 72.0 cm³/mol. The Hall–Kier alpha value is -1.36. The van der Waals surface area contributed by atoms with Crippen LogP contribution in [0.25, 0.3) is 0 Å². The molecule has 0 radical (unpaired) electrons. The van der Waals surface area contributed by atoms with Crippen LogP contribution in [0.5, 0.6) is 0 Å². The number of anilines is 1. The van der Waals surface area contributed by atoms with Crippen molar-refractivity contribution >= 4 is 33.5 Å². The summed E-state index contributed by atoms with van der Waals surface area (Å²) in [4.78, 5) is 24.9. The van der Waals surface area contributed by atoms with E-state index < -0.39 is 0 Å². The molecule has 18 heavy (non-hydrogen) atoms. The van der Waals surface area contributed by atoms with Gasteiger partial charge in [0.25, 0.3) is 0 Å². The molecule has 0 aliphatic carbocycles. The maximum absolute atomic E-state index is 11.8. The fourth-order valence-corrected chi connectivity index (χ4v) is 2.46. The largest absolute Gasteiger partial charge is 0.465 e. The van der Waals surface area contributed by atoms with Crippen LogP contribution in [-0.4, -0.2) is 30.9 Å². The lowest BCUT2D eigenvalue weighted by Crippen LogP contribution is -2.24. The van der Waals surface area contributed by atoms with Gasteiger partial charge in [0.2, 0.25) is 5.91 Å². The third kappa shape index (κ3) is 2.56. The van der Waals surface area contributed by atoms with Gasteiger partial charge in [0, 0.05) is 24.0 Å². The number of methoxy groups -OCH3 is 1. The molecular weight excluding hydrogens is 298 g/mol. The second-order valence-corrected chi connectivity index (χ2v) is 4.91. The van der Waals surface area contributed by atoms with Crippen LogP contribution in [0.2, 0.25) is 0 Å². The molecule has 1 amide bonds. The second kappa shape index (κ2) is 5.52. The number of esters is 1. The Labute approximate surface area is 114 Å². The topological polar surface area (TPSA) is 46.6 Å². The molecule has 5 heteroatoms. The van der Waals surface area contributed by atoms with E-state index >= 15 is 0 Å². The first-order valence-electron chi connectivity index (χ1n) is 5.70. The van der Waals surface area contributed by atoms with Gasteiger partial charge in [0.05, 0.1) is 12.7 Å². The molecule has 1 fully saturated rings. The Morgan fingerprint density at radius 2 is 2.11 bits per heavy atom. The number of hydrogen-bond donors (Lipinski definition) is 0. The fraction of sp³-hybridized carbons (Fsp3) is 0.385. The van der Waals surface area contributed by atoms with Crippen LogP contribution in [0.4, 0.5) is 5.69 Å². The number of ether oxygens (including phenoxy) is 1. The Balaban J connectivity index is 2.15. The molecular formula is C13H14BrNO3. The molecule has 0 N–H and O–H groups in total. The van der Waals surface area contributed by atoms with Crippen LogP contribution in [0.15, 0.2) is 24.3 Å². The Bertz CT molecular complexity index is 458. The van der Waals surface area contributed by atoms with Gasteiger partial charge in [-0.25, -0.2) is 4.79 Å². The molecule has 1 aromatic carbocycles. The van der Waals surface area contributed by atoms with E-state index in [2.05, 4.69) is 20.7 Å². The quantitative estimate of drug-likeness (QED) is 0.635. The maximum Gasteiger partial charge on any atom is 0.337 e. The Morgan fingerprint density at radius 3 is 2.61 bits per heavy atom. The Kier molecular flexibility index (Phi) is 4.01. The number of rotatable bonds is 3. The lowest BCUT2D eigenvalue weighted by molar-refractivity contribution is -0.117. The molecule has 1 heterocycles. The lowest BCUT2D eigenvalue weighted by Gasteiger charge is -2.16. The number of carbonyl (C=O) groups excluding carboxylic acids is 2. The molecule has 0 bridgehead atoms. The molecule has 1 aliphatic rings. The molecule has 0 aromatic heterocycles. The predicted octanol–water partition coefficient (Wildman–Crippen LogP) is 2.22. The minimum Gasteiger partial charge on any atom is -0.465 e. The van der Waals surface area contributed by atoms with Crippen LogP contribution < -0.4 is 4.90 Å². The van der Waals surface area contributed by atoms with Crippen LogP contribution in [0.1, 0.15) is 16.8 Å². The highest BCUT2D eigenvalue weighted by Gasteiger charge is 2.29. The van der Waals surface area contributed by atoms with Crippen molar-refractivity contribution in [3.63, 3.8) is 0 Å². The average Bonchev–Trinajstić information content (AvgIpc) is 2.79. The van der Waals surface area contributed by atoms with Crippen molar-refractivity contribution < 1.29 is 14.3 Å². The third-order valence-electron chi connectivity index (χ3n) is 3.02. The summed E-state index contributed by atoms with van der Waals surface area (Å²) < 4.78 is 4.63. The number of nitrogens with zero attached hydrogens (tertiary/aromatic N) is 1. The lowest BCUT2D eigenvalue weighted by atomic mass is 10.1. The van der Waals surface area contributed by atoms with Crippen molar-refractivity contribution in [1.82, 2.24) is 0 Å². The first-order valence-corrected chi connectivity index (χ1v) is 6.82. The van der Waals surface area contributed by atoms with Crippen molar-refractivity contribution in [3.05, 3.63) is 29.8 Å². The maximum atomic E-state index is 11.8. The molecule has 2 rings (SSSR count). The van der Waals surface area contributed by atoms with E-state index in [0.29, 0.717) is 17.9 Å². The second-order valence-electron chi connectivity index (χ2n) is 4.27. The SMILES string of the molecule is COC(=O)c1ccc(N2CC(CBr)CC2=O)cc1. The van der Waals surface area contributed by atoms with E-state index in [1.54, 1.807) is 29.2 Å². The first-order chi connectivity index (χ1) is 8.65. The number of carbonyl (C=O) groups is 2. The summed E-state index contributed by atoms with van der Waals surface area (Å²) in [6.07, 6.45) is 0.573. The van der Waals surface area contributed by atoms with Crippen molar-refractivity contribution in [3.8, 4) is 0 Å². The van der Waals surface area contributed by atoms with Gasteiger partial charge in [-0.3, -0.25) is 4.79 Å². The summed E-state index contributed by atoms with van der Waals surface area (Å²) in [5.74, 6) is 0.121. The molecule has 1 aromatic rings. The molecule has 96 valence electrons. The first kappa shape index (κ1) is 13.1. The van der Waals surface area contributed by atoms with Gasteiger partial charge < -0.3 is 9.64 Å². The summed E-state index contributed by atoms with van der Waals surface area (Å²) in [7, 11) is 1.35. The molecule has 4 nitrogen and oxygen atoms in total. The molecule has 0 saturated carbocycles. The molecule has 1 saturated heterocycles. The van der Waals surface area contributed by atoms with E-state index in [1.807, 2.05) is 0 Å². The summed E-state index contributed by atoms with van der Waals surface area (Å²) in [6.45, 7) is 0.724. The fourth-order valence-electron chi connectivity index (χ4n) is 2.03. The van der Waals surface area contributed by atoms with Crippen molar-refractivity contribution in [1.29, 1.82) is 0 Å². The zero-order valence-electron chi connectivity index (χ0n) is 10.1. The minimum atomic E-state index is -0.368. The van der Waals surface area contributed by atoms with Crippen LogP contribution in [0.3, 0.4) is 0 Å². The van der Waals surface area contributed by atoms with Crippen molar-refractivity contribution in [2.75, 3.05) is 23.9 Å². The van der Waals surface area contributed by atoms with Gasteiger partial charge in [0.15, 0.2) is 0 Å². The average molecular weight is 312 g/mol. The number of amides is 1. The zero-order chi connectivity index (χ0) is 13.1. The Morgan fingerprint density at radius 1 is 1.44 bits per heavy atom. The molecule has 1 aliphatic heterocycles. The van der Waals surface area contributed by atoms with Crippen LogP contribution >= 0.6 is 15.9 Å². The summed E-state index contributed by atoms with van der Waals surface area (Å²) >= 11 is 3.40. The highest BCUT2D eigenvalue weighted by Crippen LogP contribution is 2.26. The third-order valence-corrected chi connectivity index (χ3v) is 3.94. The van der Waals surface area contributed by atoms with E-state index in [1.165, 1.54) is 7.11 Å². The van der Waals surface area contributed by atoms with E-state index in [0.717, 1.165) is 17.6 Å². The highest BCUT2D eigenvalue weighted by molar-refractivity contribution is 9.09. The number of hydrogen-bond acceptors (Lipinski definition) is 3. The monoisotopic (exact) mass is 311 g/mol. The van der Waals surface area contributed by atoms with E-state index in [4.69, 9.17) is 0 Å². The van der Waals surface area contributed by atoms with Gasteiger partial charge >= 0.3 is 5.97 Å². The smallest absolute Gasteiger partial charge is 0.337 e. The number of benzene rings is 1. The summed E-state index contributed by atoms with van der Waals surface area (Å²) in [6, 6.07) is 6.91. The van der Waals surface area contributed by atoms with E-state index in [9.17, 15) is 9.59 Å². The van der Waals surface area contributed by atoms with Gasteiger partial charge in [-0.15, -0.1) is 0 Å². The normalized spacial score (nSPS) is 19.1. The highest BCUT2D eigenvalue weighted by atomic mass is 79.9. The number of halogens is 1. The molecule has 1 atom stereocenters. The van der Waals surface area contributed by atoms with Gasteiger partial charge in [-0.05, 0) is 30.2 Å². The van der Waals surface area contributed by atoms with E-state index in [-0.39, 0.29) is 11.9 Å². The minimum absolute atomic E-state index is 0.130. The van der Waals surface area contributed by atoms with Gasteiger partial charge in [0.1, 0.15) is 0 Å². The van der Waals surface area contributed by atoms with Gasteiger partial charge in [-0.1, -0.05) is 15.9 Å². The molecule has 1 unspecified atom stereocenters.